The molecule has 0 aliphatic heterocycles. The van der Waals surface area contributed by atoms with Gasteiger partial charge in [-0.05, 0) is 18.1 Å². The highest BCUT2D eigenvalue weighted by Gasteiger charge is 2.21. The predicted octanol–water partition coefficient (Wildman–Crippen LogP) is 2.17. The molecule has 2 aromatic carbocycles. The quantitative estimate of drug-likeness (QED) is 0.835. The molecule has 0 fully saturated rings. The second kappa shape index (κ2) is 8.08. The smallest absolute Gasteiger partial charge is 0.236 e. The number of likely N-dealkylation sites (N-methyl/N-ethyl adjacent to an activating group) is 1. The fourth-order valence-corrected chi connectivity index (χ4v) is 3.13. The number of rotatable bonds is 7. The SMILES string of the molecule is CCS(=O)(=O)N(C)CC(=O)NC(c1ccccc1)c1ccccc1. The summed E-state index contributed by atoms with van der Waals surface area (Å²) in [4.78, 5) is 12.4. The van der Waals surface area contributed by atoms with Gasteiger partial charge in [-0.15, -0.1) is 0 Å². The highest BCUT2D eigenvalue weighted by atomic mass is 32.2. The summed E-state index contributed by atoms with van der Waals surface area (Å²) in [7, 11) is -1.97. The maximum absolute atomic E-state index is 12.4. The molecule has 0 heterocycles. The van der Waals surface area contributed by atoms with Crippen LogP contribution < -0.4 is 5.32 Å². The Balaban J connectivity index is 2.19. The molecule has 0 radical (unpaired) electrons. The van der Waals surface area contributed by atoms with Gasteiger partial charge in [-0.25, -0.2) is 8.42 Å². The van der Waals surface area contributed by atoms with Gasteiger partial charge in [0.15, 0.2) is 0 Å². The van der Waals surface area contributed by atoms with Gasteiger partial charge in [-0.1, -0.05) is 60.7 Å². The molecule has 6 heteroatoms. The van der Waals surface area contributed by atoms with Crippen molar-refractivity contribution in [3.63, 3.8) is 0 Å². The van der Waals surface area contributed by atoms with Crippen molar-refractivity contribution in [2.24, 2.45) is 0 Å². The summed E-state index contributed by atoms with van der Waals surface area (Å²) in [6.07, 6.45) is 0. The summed E-state index contributed by atoms with van der Waals surface area (Å²) in [6.45, 7) is 1.35. The number of nitrogens with zero attached hydrogens (tertiary/aromatic N) is 1. The number of benzene rings is 2. The molecular weight excluding hydrogens is 324 g/mol. The largest absolute Gasteiger partial charge is 0.344 e. The van der Waals surface area contributed by atoms with Crippen LogP contribution in [0.2, 0.25) is 0 Å². The van der Waals surface area contributed by atoms with E-state index in [4.69, 9.17) is 0 Å². The van der Waals surface area contributed by atoms with Crippen LogP contribution >= 0.6 is 0 Å². The van der Waals surface area contributed by atoms with Crippen LogP contribution in [0, 0.1) is 0 Å². The Hall–Kier alpha value is -2.18. The summed E-state index contributed by atoms with van der Waals surface area (Å²) >= 11 is 0. The summed E-state index contributed by atoms with van der Waals surface area (Å²) < 4.78 is 24.7. The van der Waals surface area contributed by atoms with Crippen LogP contribution in [-0.4, -0.2) is 38.0 Å². The van der Waals surface area contributed by atoms with Gasteiger partial charge in [0.1, 0.15) is 0 Å². The van der Waals surface area contributed by atoms with Gasteiger partial charge in [0.2, 0.25) is 15.9 Å². The first-order chi connectivity index (χ1) is 11.4. The van der Waals surface area contributed by atoms with E-state index in [9.17, 15) is 13.2 Å². The normalized spacial score (nSPS) is 11.7. The standard InChI is InChI=1S/C18H22N2O3S/c1-3-24(22,23)20(2)14-17(21)19-18(15-10-6-4-7-11-15)16-12-8-5-9-13-16/h4-13,18H,3,14H2,1-2H3,(H,19,21). The molecule has 2 rings (SSSR count). The second-order valence-corrected chi connectivity index (χ2v) is 7.84. The monoisotopic (exact) mass is 346 g/mol. The molecule has 24 heavy (non-hydrogen) atoms. The van der Waals surface area contributed by atoms with E-state index in [0.29, 0.717) is 0 Å². The zero-order chi connectivity index (χ0) is 17.6. The maximum atomic E-state index is 12.4. The van der Waals surface area contributed by atoms with E-state index in [1.54, 1.807) is 6.92 Å². The lowest BCUT2D eigenvalue weighted by Crippen LogP contribution is -2.40. The molecular formula is C18H22N2O3S. The second-order valence-electron chi connectivity index (χ2n) is 5.48. The van der Waals surface area contributed by atoms with E-state index >= 15 is 0 Å². The van der Waals surface area contributed by atoms with Crippen molar-refractivity contribution >= 4 is 15.9 Å². The number of carbonyl (C=O) groups excluding carboxylic acids is 1. The highest BCUT2D eigenvalue weighted by molar-refractivity contribution is 7.89. The van der Waals surface area contributed by atoms with Crippen LogP contribution in [0.3, 0.4) is 0 Å². The molecule has 5 nitrogen and oxygen atoms in total. The molecule has 0 aliphatic rings. The van der Waals surface area contributed by atoms with E-state index < -0.39 is 10.0 Å². The Morgan fingerprint density at radius 1 is 1.00 bits per heavy atom. The first-order valence-electron chi connectivity index (χ1n) is 7.77. The minimum atomic E-state index is -3.39. The third-order valence-corrected chi connectivity index (χ3v) is 5.59. The molecule has 0 unspecified atom stereocenters. The molecule has 0 spiro atoms. The van der Waals surface area contributed by atoms with Crippen LogP contribution in [0.4, 0.5) is 0 Å². The molecule has 0 bridgehead atoms. The van der Waals surface area contributed by atoms with Crippen molar-refractivity contribution in [1.29, 1.82) is 0 Å². The molecule has 1 N–H and O–H groups in total. The lowest BCUT2D eigenvalue weighted by atomic mass is 9.99. The number of hydrogen-bond acceptors (Lipinski definition) is 3. The Kier molecular flexibility index (Phi) is 6.11. The molecule has 0 aromatic heterocycles. The number of carbonyl (C=O) groups is 1. The topological polar surface area (TPSA) is 66.5 Å². The first-order valence-corrected chi connectivity index (χ1v) is 9.38. The van der Waals surface area contributed by atoms with Gasteiger partial charge < -0.3 is 5.32 Å². The van der Waals surface area contributed by atoms with E-state index in [0.717, 1.165) is 15.4 Å². The van der Waals surface area contributed by atoms with E-state index in [1.165, 1.54) is 7.05 Å². The minimum absolute atomic E-state index is 0.0302. The lowest BCUT2D eigenvalue weighted by molar-refractivity contribution is -0.121. The van der Waals surface area contributed by atoms with Crippen molar-refractivity contribution in [2.45, 2.75) is 13.0 Å². The summed E-state index contributed by atoms with van der Waals surface area (Å²) in [5.41, 5.74) is 1.89. The third-order valence-electron chi connectivity index (χ3n) is 3.78. The number of hydrogen-bond donors (Lipinski definition) is 1. The molecule has 0 saturated heterocycles. The van der Waals surface area contributed by atoms with Crippen molar-refractivity contribution in [3.8, 4) is 0 Å². The molecule has 0 atom stereocenters. The number of amides is 1. The Morgan fingerprint density at radius 3 is 1.88 bits per heavy atom. The minimum Gasteiger partial charge on any atom is -0.344 e. The Morgan fingerprint density at radius 2 is 1.46 bits per heavy atom. The van der Waals surface area contributed by atoms with Crippen molar-refractivity contribution < 1.29 is 13.2 Å². The van der Waals surface area contributed by atoms with Crippen LogP contribution in [0.25, 0.3) is 0 Å². The number of sulfonamides is 1. The zero-order valence-corrected chi connectivity index (χ0v) is 14.7. The van der Waals surface area contributed by atoms with E-state index in [-0.39, 0.29) is 24.2 Å². The lowest BCUT2D eigenvalue weighted by Gasteiger charge is -2.22. The van der Waals surface area contributed by atoms with Gasteiger partial charge in [0, 0.05) is 7.05 Å². The first kappa shape index (κ1) is 18.2. The molecule has 1 amide bonds. The molecule has 0 aliphatic carbocycles. The fraction of sp³-hybridized carbons (Fsp3) is 0.278. The average Bonchev–Trinajstić information content (AvgIpc) is 2.61. The van der Waals surface area contributed by atoms with Gasteiger partial charge in [0.25, 0.3) is 0 Å². The molecule has 2 aromatic rings. The summed E-state index contributed by atoms with van der Waals surface area (Å²) in [6, 6.07) is 18.9. The van der Waals surface area contributed by atoms with Crippen LogP contribution in [0.15, 0.2) is 60.7 Å². The highest BCUT2D eigenvalue weighted by Crippen LogP contribution is 2.21. The van der Waals surface area contributed by atoms with Crippen molar-refractivity contribution in [1.82, 2.24) is 9.62 Å². The van der Waals surface area contributed by atoms with E-state index in [1.807, 2.05) is 60.7 Å². The summed E-state index contributed by atoms with van der Waals surface area (Å²) in [5.74, 6) is -0.371. The van der Waals surface area contributed by atoms with Gasteiger partial charge in [0.05, 0.1) is 18.3 Å². The number of nitrogens with one attached hydrogen (secondary N) is 1. The fourth-order valence-electron chi connectivity index (χ4n) is 2.38. The van der Waals surface area contributed by atoms with Crippen LogP contribution in [0.1, 0.15) is 24.1 Å². The van der Waals surface area contributed by atoms with Gasteiger partial charge in [-0.3, -0.25) is 4.79 Å². The van der Waals surface area contributed by atoms with Crippen LogP contribution in [-0.2, 0) is 14.8 Å². The third kappa shape index (κ3) is 4.66. The van der Waals surface area contributed by atoms with E-state index in [2.05, 4.69) is 5.32 Å². The van der Waals surface area contributed by atoms with Crippen molar-refractivity contribution in [3.05, 3.63) is 71.8 Å². The maximum Gasteiger partial charge on any atom is 0.236 e. The average molecular weight is 346 g/mol. The summed E-state index contributed by atoms with van der Waals surface area (Å²) in [5, 5.41) is 2.93. The zero-order valence-electron chi connectivity index (χ0n) is 13.8. The molecule has 128 valence electrons. The Bertz CT molecular complexity index is 722. The molecule has 0 saturated carbocycles. The van der Waals surface area contributed by atoms with Gasteiger partial charge in [-0.2, -0.15) is 4.31 Å². The van der Waals surface area contributed by atoms with Gasteiger partial charge >= 0.3 is 0 Å². The Labute approximate surface area is 143 Å². The predicted molar refractivity (Wildman–Crippen MR) is 95.0 cm³/mol. The van der Waals surface area contributed by atoms with Crippen molar-refractivity contribution in [2.75, 3.05) is 19.3 Å². The van der Waals surface area contributed by atoms with Crippen LogP contribution in [0.5, 0.6) is 0 Å².